The highest BCUT2D eigenvalue weighted by atomic mass is 19.1. The minimum Gasteiger partial charge on any atom is -0.444 e. The van der Waals surface area contributed by atoms with Crippen molar-refractivity contribution in [2.75, 3.05) is 31.9 Å². The molecular formula is C24H29FN6O3. The van der Waals surface area contributed by atoms with Crippen LogP contribution in [0.15, 0.2) is 24.4 Å². The molecule has 0 unspecified atom stereocenters. The van der Waals surface area contributed by atoms with Crippen LogP contribution >= 0.6 is 0 Å². The van der Waals surface area contributed by atoms with Gasteiger partial charge >= 0.3 is 6.09 Å². The van der Waals surface area contributed by atoms with Crippen molar-refractivity contribution in [2.24, 2.45) is 5.41 Å². The molecule has 34 heavy (non-hydrogen) atoms. The maximum atomic E-state index is 14.2. The number of rotatable bonds is 1. The molecule has 2 fully saturated rings. The van der Waals surface area contributed by atoms with Gasteiger partial charge in [0, 0.05) is 37.8 Å². The van der Waals surface area contributed by atoms with Gasteiger partial charge in [-0.2, -0.15) is 0 Å². The minimum absolute atomic E-state index is 0.00861. The number of piperidine rings is 1. The first-order chi connectivity index (χ1) is 16.1. The van der Waals surface area contributed by atoms with Gasteiger partial charge in [0.2, 0.25) is 5.95 Å². The lowest BCUT2D eigenvalue weighted by Crippen LogP contribution is -2.45. The van der Waals surface area contributed by atoms with Crippen LogP contribution < -0.4 is 5.73 Å². The molecule has 0 atom stereocenters. The number of nitrogen functional groups attached to an aromatic ring is 1. The van der Waals surface area contributed by atoms with Gasteiger partial charge in [-0.05, 0) is 57.6 Å². The second kappa shape index (κ2) is 7.82. The normalized spacial score (nSPS) is 18.2. The van der Waals surface area contributed by atoms with Crippen LogP contribution in [0.5, 0.6) is 0 Å². The molecule has 2 aliphatic rings. The first-order valence-corrected chi connectivity index (χ1v) is 11.6. The van der Waals surface area contributed by atoms with Crippen molar-refractivity contribution < 1.29 is 18.7 Å². The Morgan fingerprint density at radius 2 is 1.76 bits per heavy atom. The van der Waals surface area contributed by atoms with E-state index in [2.05, 4.69) is 9.97 Å². The molecule has 2 N–H and O–H groups in total. The van der Waals surface area contributed by atoms with Crippen LogP contribution in [0.2, 0.25) is 0 Å². The van der Waals surface area contributed by atoms with Crippen LogP contribution in [-0.2, 0) is 4.74 Å². The summed E-state index contributed by atoms with van der Waals surface area (Å²) in [7, 11) is 0. The van der Waals surface area contributed by atoms with E-state index in [9.17, 15) is 14.0 Å². The molecule has 2 aliphatic heterocycles. The number of likely N-dealkylation sites (tertiary alicyclic amines) is 2. The van der Waals surface area contributed by atoms with Crippen molar-refractivity contribution in [3.05, 3.63) is 35.9 Å². The number of anilines is 1. The third-order valence-corrected chi connectivity index (χ3v) is 6.83. The fourth-order valence-electron chi connectivity index (χ4n) is 5.00. The lowest BCUT2D eigenvalue weighted by Gasteiger charge is -2.39. The molecule has 1 spiro atoms. The predicted octanol–water partition coefficient (Wildman–Crippen LogP) is 3.47. The number of benzene rings is 1. The second-order valence-corrected chi connectivity index (χ2v) is 10.4. The number of carbonyl (C=O) groups excluding carboxylic acids is 2. The molecule has 180 valence electrons. The van der Waals surface area contributed by atoms with E-state index in [0.29, 0.717) is 37.2 Å². The van der Waals surface area contributed by atoms with Gasteiger partial charge in [-0.3, -0.25) is 9.20 Å². The molecule has 2 aromatic heterocycles. The Kier molecular flexibility index (Phi) is 5.14. The summed E-state index contributed by atoms with van der Waals surface area (Å²) in [5.74, 6) is -0.602. The summed E-state index contributed by atoms with van der Waals surface area (Å²) in [5.41, 5.74) is 6.29. The summed E-state index contributed by atoms with van der Waals surface area (Å²) < 4.78 is 21.2. The van der Waals surface area contributed by atoms with Crippen LogP contribution in [0.1, 0.15) is 50.5 Å². The highest BCUT2D eigenvalue weighted by Gasteiger charge is 2.44. The number of fused-ring (bicyclic) bond motifs is 3. The van der Waals surface area contributed by atoms with E-state index in [1.165, 1.54) is 10.5 Å². The smallest absolute Gasteiger partial charge is 0.410 e. The molecule has 9 nitrogen and oxygen atoms in total. The zero-order chi connectivity index (χ0) is 24.3. The van der Waals surface area contributed by atoms with Gasteiger partial charge < -0.3 is 20.3 Å². The number of carbonyl (C=O) groups is 2. The fourth-order valence-corrected chi connectivity index (χ4v) is 5.00. The van der Waals surface area contributed by atoms with E-state index in [4.69, 9.17) is 10.5 Å². The van der Waals surface area contributed by atoms with E-state index in [-0.39, 0.29) is 34.6 Å². The summed E-state index contributed by atoms with van der Waals surface area (Å²) in [4.78, 5) is 37.9. The predicted molar refractivity (Wildman–Crippen MR) is 125 cm³/mol. The topological polar surface area (TPSA) is 106 Å². The Morgan fingerprint density at radius 3 is 2.44 bits per heavy atom. The van der Waals surface area contributed by atoms with Crippen molar-refractivity contribution in [3.8, 4) is 0 Å². The Bertz CT molecular complexity index is 1290. The number of amides is 2. The monoisotopic (exact) mass is 468 g/mol. The fraction of sp³-hybridized carbons (Fsp3) is 0.500. The molecule has 4 heterocycles. The maximum absolute atomic E-state index is 14.2. The van der Waals surface area contributed by atoms with E-state index in [0.717, 1.165) is 19.3 Å². The zero-order valence-electron chi connectivity index (χ0n) is 19.7. The SMILES string of the molecule is CC(C)(C)OC(=O)N1CCC2(CCN(C(=O)c3cn4c(N)nc5c(F)cccc5c4n3)CC2)C1. The van der Waals surface area contributed by atoms with Crippen molar-refractivity contribution >= 4 is 34.5 Å². The van der Waals surface area contributed by atoms with Crippen LogP contribution in [-0.4, -0.2) is 67.9 Å². The molecule has 2 saturated heterocycles. The Morgan fingerprint density at radius 1 is 1.09 bits per heavy atom. The van der Waals surface area contributed by atoms with Crippen LogP contribution in [0.3, 0.4) is 0 Å². The third-order valence-electron chi connectivity index (χ3n) is 6.83. The number of nitrogens with two attached hydrogens (primary N) is 1. The largest absolute Gasteiger partial charge is 0.444 e. The average molecular weight is 469 g/mol. The van der Waals surface area contributed by atoms with Crippen molar-refractivity contribution in [1.82, 2.24) is 24.2 Å². The summed E-state index contributed by atoms with van der Waals surface area (Å²) in [6.07, 6.45) is 3.81. The number of hydrogen-bond donors (Lipinski definition) is 1. The van der Waals surface area contributed by atoms with Crippen molar-refractivity contribution in [1.29, 1.82) is 0 Å². The molecule has 10 heteroatoms. The Labute approximate surface area is 196 Å². The van der Waals surface area contributed by atoms with Crippen molar-refractivity contribution in [2.45, 2.75) is 45.6 Å². The first kappa shape index (κ1) is 22.4. The van der Waals surface area contributed by atoms with E-state index < -0.39 is 11.4 Å². The van der Waals surface area contributed by atoms with Gasteiger partial charge in [0.25, 0.3) is 5.91 Å². The average Bonchev–Trinajstić information content (AvgIpc) is 3.40. The lowest BCUT2D eigenvalue weighted by molar-refractivity contribution is 0.0242. The molecule has 0 radical (unpaired) electrons. The molecular weight excluding hydrogens is 439 g/mol. The maximum Gasteiger partial charge on any atom is 0.410 e. The third kappa shape index (κ3) is 3.91. The minimum atomic E-state index is -0.521. The number of para-hydroxylation sites is 1. The molecule has 0 aliphatic carbocycles. The molecule has 3 aromatic rings. The van der Waals surface area contributed by atoms with Gasteiger partial charge in [-0.1, -0.05) is 6.07 Å². The molecule has 0 saturated carbocycles. The lowest BCUT2D eigenvalue weighted by atomic mass is 9.78. The Hall–Kier alpha value is -3.43. The highest BCUT2D eigenvalue weighted by Crippen LogP contribution is 2.41. The zero-order valence-corrected chi connectivity index (χ0v) is 19.7. The van der Waals surface area contributed by atoms with Crippen LogP contribution in [0.4, 0.5) is 15.1 Å². The van der Waals surface area contributed by atoms with E-state index in [1.807, 2.05) is 20.8 Å². The molecule has 0 bridgehead atoms. The number of halogens is 1. The van der Waals surface area contributed by atoms with Crippen molar-refractivity contribution in [3.63, 3.8) is 0 Å². The number of imidazole rings is 1. The summed E-state index contributed by atoms with van der Waals surface area (Å²) in [6, 6.07) is 4.61. The number of hydrogen-bond acceptors (Lipinski definition) is 6. The van der Waals surface area contributed by atoms with Crippen LogP contribution in [0, 0.1) is 11.2 Å². The first-order valence-electron chi connectivity index (χ1n) is 11.6. The number of aromatic nitrogens is 3. The Balaban J connectivity index is 1.30. The van der Waals surface area contributed by atoms with E-state index >= 15 is 0 Å². The standard InChI is InChI=1S/C24H29FN6O3/c1-23(2,3)34-22(33)30-12-9-24(14-30)7-10-29(11-8-24)20(32)17-13-31-19(27-17)15-5-4-6-16(25)18(15)28-21(31)26/h4-6,13H,7-12,14H2,1-3H3,(H2,26,28). The highest BCUT2D eigenvalue weighted by molar-refractivity contribution is 5.97. The quantitative estimate of drug-likeness (QED) is 0.586. The summed E-state index contributed by atoms with van der Waals surface area (Å²) in [5, 5.41) is 0.499. The summed E-state index contributed by atoms with van der Waals surface area (Å²) >= 11 is 0. The summed E-state index contributed by atoms with van der Waals surface area (Å²) in [6.45, 7) is 8.08. The van der Waals surface area contributed by atoms with Gasteiger partial charge in [-0.25, -0.2) is 19.2 Å². The molecule has 5 rings (SSSR count). The van der Waals surface area contributed by atoms with E-state index in [1.54, 1.807) is 28.1 Å². The van der Waals surface area contributed by atoms with Gasteiger partial charge in [-0.15, -0.1) is 0 Å². The van der Waals surface area contributed by atoms with Gasteiger partial charge in [0.15, 0.2) is 0 Å². The van der Waals surface area contributed by atoms with Crippen LogP contribution in [0.25, 0.3) is 16.6 Å². The number of ether oxygens (including phenoxy) is 1. The second-order valence-electron chi connectivity index (χ2n) is 10.4. The van der Waals surface area contributed by atoms with Gasteiger partial charge in [0.1, 0.15) is 28.3 Å². The molecule has 2 amide bonds. The number of nitrogens with zero attached hydrogens (tertiary/aromatic N) is 5. The van der Waals surface area contributed by atoms with Gasteiger partial charge in [0.05, 0.1) is 0 Å². The molecule has 1 aromatic carbocycles.